The quantitative estimate of drug-likeness (QED) is 0.809. The number of benzene rings is 2. The zero-order valence-electron chi connectivity index (χ0n) is 13.6. The van der Waals surface area contributed by atoms with Gasteiger partial charge >= 0.3 is 0 Å². The molecule has 5 nitrogen and oxygen atoms in total. The summed E-state index contributed by atoms with van der Waals surface area (Å²) in [6.45, 7) is 2.83. The molecule has 3 heterocycles. The van der Waals surface area contributed by atoms with Gasteiger partial charge < -0.3 is 19.1 Å². The Morgan fingerprint density at radius 2 is 1.92 bits per heavy atom. The summed E-state index contributed by atoms with van der Waals surface area (Å²) in [5.74, 6) is 2.32. The fourth-order valence-electron chi connectivity index (χ4n) is 4.07. The summed E-state index contributed by atoms with van der Waals surface area (Å²) in [4.78, 5) is 14.9. The van der Waals surface area contributed by atoms with Crippen LogP contribution in [0.3, 0.4) is 0 Å². The number of hydrogen-bond acceptors (Lipinski definition) is 4. The number of methoxy groups -OCH3 is 1. The summed E-state index contributed by atoms with van der Waals surface area (Å²) in [5.41, 5.74) is 5.12. The first-order valence-electron chi connectivity index (χ1n) is 8.07. The van der Waals surface area contributed by atoms with Gasteiger partial charge in [-0.2, -0.15) is 0 Å². The van der Waals surface area contributed by atoms with Crippen molar-refractivity contribution in [1.82, 2.24) is 4.90 Å². The van der Waals surface area contributed by atoms with Crippen molar-refractivity contribution < 1.29 is 19.0 Å². The average Bonchev–Trinajstić information content (AvgIpc) is 3.14. The molecule has 3 aliphatic rings. The first-order chi connectivity index (χ1) is 11.7. The number of carbonyl (C=O) groups is 1. The first kappa shape index (κ1) is 13.7. The number of ether oxygens (including phenoxy) is 3. The van der Waals surface area contributed by atoms with Gasteiger partial charge in [-0.05, 0) is 47.7 Å². The van der Waals surface area contributed by atoms with E-state index in [1.807, 2.05) is 24.0 Å². The van der Waals surface area contributed by atoms with Gasteiger partial charge in [0.15, 0.2) is 11.5 Å². The molecule has 5 rings (SSSR count). The standard InChI is InChI=1S/C19H17NO4/c1-10-3-4-13-14-5-11-6-15-16(24-9-23-15)7-12(11)8-20(14)19(21)17(13)18(10)22-2/h3-4,6-7,14H,5,8-9H2,1-2H3/t14-/m0/s1. The van der Waals surface area contributed by atoms with Crippen molar-refractivity contribution in [2.45, 2.75) is 25.9 Å². The summed E-state index contributed by atoms with van der Waals surface area (Å²) in [7, 11) is 1.63. The monoisotopic (exact) mass is 323 g/mol. The van der Waals surface area contributed by atoms with Crippen LogP contribution >= 0.6 is 0 Å². The molecule has 0 bridgehead atoms. The minimum atomic E-state index is 0.0545. The molecule has 0 saturated carbocycles. The smallest absolute Gasteiger partial charge is 0.258 e. The Bertz CT molecular complexity index is 889. The lowest BCUT2D eigenvalue weighted by atomic mass is 9.91. The van der Waals surface area contributed by atoms with Crippen LogP contribution in [0.1, 0.15) is 38.7 Å². The topological polar surface area (TPSA) is 48.0 Å². The molecule has 2 aromatic carbocycles. The first-order valence-corrected chi connectivity index (χ1v) is 8.07. The van der Waals surface area contributed by atoms with Crippen LogP contribution in [0.4, 0.5) is 0 Å². The largest absolute Gasteiger partial charge is 0.496 e. The lowest BCUT2D eigenvalue weighted by Crippen LogP contribution is -2.32. The minimum absolute atomic E-state index is 0.0545. The van der Waals surface area contributed by atoms with Crippen molar-refractivity contribution >= 4 is 5.91 Å². The highest BCUT2D eigenvalue weighted by molar-refractivity contribution is 6.02. The predicted molar refractivity (Wildman–Crippen MR) is 86.6 cm³/mol. The van der Waals surface area contributed by atoms with Crippen molar-refractivity contribution in [2.75, 3.05) is 13.9 Å². The Hall–Kier alpha value is -2.69. The van der Waals surface area contributed by atoms with E-state index in [1.165, 1.54) is 5.56 Å². The number of aryl methyl sites for hydroxylation is 1. The van der Waals surface area contributed by atoms with Crippen LogP contribution in [0, 0.1) is 6.92 Å². The molecule has 24 heavy (non-hydrogen) atoms. The fraction of sp³-hybridized carbons (Fsp3) is 0.316. The Kier molecular flexibility index (Phi) is 2.66. The van der Waals surface area contributed by atoms with Crippen molar-refractivity contribution in [2.24, 2.45) is 0 Å². The molecule has 0 N–H and O–H groups in total. The third-order valence-corrected chi connectivity index (χ3v) is 5.25. The molecular formula is C19H17NO4. The number of fused-ring (bicyclic) bond motifs is 5. The molecule has 1 amide bonds. The van der Waals surface area contributed by atoms with E-state index in [2.05, 4.69) is 12.1 Å². The molecular weight excluding hydrogens is 306 g/mol. The number of nitrogens with zero attached hydrogens (tertiary/aromatic N) is 1. The maximum absolute atomic E-state index is 13.0. The van der Waals surface area contributed by atoms with Gasteiger partial charge in [-0.15, -0.1) is 0 Å². The average molecular weight is 323 g/mol. The minimum Gasteiger partial charge on any atom is -0.496 e. The number of rotatable bonds is 1. The zero-order chi connectivity index (χ0) is 16.4. The molecule has 122 valence electrons. The second-order valence-electron chi connectivity index (χ2n) is 6.51. The van der Waals surface area contributed by atoms with Crippen molar-refractivity contribution in [3.63, 3.8) is 0 Å². The second-order valence-corrected chi connectivity index (χ2v) is 6.51. The molecule has 0 aromatic heterocycles. The fourth-order valence-corrected chi connectivity index (χ4v) is 4.07. The predicted octanol–water partition coefficient (Wildman–Crippen LogP) is 2.99. The Balaban J connectivity index is 1.63. The SMILES string of the molecule is COc1c(C)ccc2c1C(=O)N1Cc3cc4c(cc3C[C@@H]21)OCO4. The van der Waals surface area contributed by atoms with Crippen LogP contribution in [-0.4, -0.2) is 24.7 Å². The highest BCUT2D eigenvalue weighted by Gasteiger charge is 2.42. The van der Waals surface area contributed by atoms with Crippen LogP contribution in [0.15, 0.2) is 24.3 Å². The zero-order valence-corrected chi connectivity index (χ0v) is 13.6. The van der Waals surface area contributed by atoms with E-state index in [4.69, 9.17) is 14.2 Å². The molecule has 0 radical (unpaired) electrons. The van der Waals surface area contributed by atoms with Crippen LogP contribution < -0.4 is 14.2 Å². The summed E-state index contributed by atoms with van der Waals surface area (Å²) in [6, 6.07) is 8.22. The molecule has 2 aromatic rings. The molecule has 5 heteroatoms. The molecule has 1 atom stereocenters. The van der Waals surface area contributed by atoms with Crippen molar-refractivity contribution in [3.05, 3.63) is 52.1 Å². The van der Waals surface area contributed by atoms with Gasteiger partial charge in [0, 0.05) is 6.54 Å². The van der Waals surface area contributed by atoms with Crippen LogP contribution in [-0.2, 0) is 13.0 Å². The molecule has 3 aliphatic heterocycles. The van der Waals surface area contributed by atoms with Gasteiger partial charge in [-0.3, -0.25) is 4.79 Å². The molecule has 0 unspecified atom stereocenters. The number of carbonyl (C=O) groups excluding carboxylic acids is 1. The Labute approximate surface area is 139 Å². The second kappa shape index (κ2) is 4.66. The molecule has 0 aliphatic carbocycles. The van der Waals surface area contributed by atoms with Gasteiger partial charge in [0.2, 0.25) is 6.79 Å². The van der Waals surface area contributed by atoms with Gasteiger partial charge in [0.05, 0.1) is 18.7 Å². The number of amides is 1. The number of hydrogen-bond donors (Lipinski definition) is 0. The molecule has 0 fully saturated rings. The van der Waals surface area contributed by atoms with E-state index in [-0.39, 0.29) is 18.7 Å². The van der Waals surface area contributed by atoms with E-state index in [9.17, 15) is 4.79 Å². The highest BCUT2D eigenvalue weighted by atomic mass is 16.7. The Morgan fingerprint density at radius 3 is 2.67 bits per heavy atom. The third kappa shape index (κ3) is 1.67. The van der Waals surface area contributed by atoms with Gasteiger partial charge in [-0.1, -0.05) is 12.1 Å². The Morgan fingerprint density at radius 1 is 1.17 bits per heavy atom. The summed E-state index contributed by atoms with van der Waals surface area (Å²) in [5, 5.41) is 0. The molecule has 0 spiro atoms. The lowest BCUT2D eigenvalue weighted by molar-refractivity contribution is 0.0691. The normalized spacial score (nSPS) is 19.8. The summed E-state index contributed by atoms with van der Waals surface area (Å²) >= 11 is 0. The lowest BCUT2D eigenvalue weighted by Gasteiger charge is -2.32. The highest BCUT2D eigenvalue weighted by Crippen LogP contribution is 2.47. The van der Waals surface area contributed by atoms with Gasteiger partial charge in [0.1, 0.15) is 5.75 Å². The van der Waals surface area contributed by atoms with Gasteiger partial charge in [0.25, 0.3) is 5.91 Å². The van der Waals surface area contributed by atoms with E-state index in [0.29, 0.717) is 12.3 Å². The van der Waals surface area contributed by atoms with E-state index in [0.717, 1.165) is 40.2 Å². The third-order valence-electron chi connectivity index (χ3n) is 5.25. The van der Waals surface area contributed by atoms with Crippen LogP contribution in [0.5, 0.6) is 17.2 Å². The van der Waals surface area contributed by atoms with Gasteiger partial charge in [-0.25, -0.2) is 0 Å². The molecule has 0 saturated heterocycles. The summed E-state index contributed by atoms with van der Waals surface area (Å²) in [6.07, 6.45) is 0.789. The van der Waals surface area contributed by atoms with Crippen LogP contribution in [0.25, 0.3) is 0 Å². The van der Waals surface area contributed by atoms with E-state index in [1.54, 1.807) is 7.11 Å². The van der Waals surface area contributed by atoms with Crippen molar-refractivity contribution in [1.29, 1.82) is 0 Å². The van der Waals surface area contributed by atoms with Crippen molar-refractivity contribution in [3.8, 4) is 17.2 Å². The maximum atomic E-state index is 13.0. The van der Waals surface area contributed by atoms with E-state index < -0.39 is 0 Å². The summed E-state index contributed by atoms with van der Waals surface area (Å²) < 4.78 is 16.5. The van der Waals surface area contributed by atoms with E-state index >= 15 is 0 Å². The van der Waals surface area contributed by atoms with Crippen LogP contribution in [0.2, 0.25) is 0 Å². The maximum Gasteiger partial charge on any atom is 0.258 e.